The van der Waals surface area contributed by atoms with Crippen LogP contribution in [0, 0.1) is 5.92 Å². The Morgan fingerprint density at radius 1 is 1.27 bits per heavy atom. The highest BCUT2D eigenvalue weighted by molar-refractivity contribution is 7.12. The maximum absolute atomic E-state index is 4.63. The fourth-order valence-electron chi connectivity index (χ4n) is 2.39. The summed E-state index contributed by atoms with van der Waals surface area (Å²) in [6, 6.07) is 12.3. The van der Waals surface area contributed by atoms with Crippen LogP contribution in [0.1, 0.15) is 25.1 Å². The molecule has 0 bridgehead atoms. The van der Waals surface area contributed by atoms with Crippen LogP contribution in [0.4, 0.5) is 5.95 Å². The summed E-state index contributed by atoms with van der Waals surface area (Å²) in [4.78, 5) is 5.80. The van der Waals surface area contributed by atoms with Crippen molar-refractivity contribution in [3.05, 3.63) is 46.7 Å². The van der Waals surface area contributed by atoms with Crippen LogP contribution in [-0.4, -0.2) is 15.3 Å². The molecule has 0 amide bonds. The molecular formula is C17H20N4S. The monoisotopic (exact) mass is 312 g/mol. The number of hydrazone groups is 1. The first-order chi connectivity index (χ1) is 10.6. The number of rotatable bonds is 5. The Bertz CT molecular complexity index is 784. The molecule has 3 aromatic rings. The van der Waals surface area contributed by atoms with Gasteiger partial charge in [-0.3, -0.25) is 0 Å². The second kappa shape index (κ2) is 6.32. The Labute approximate surface area is 134 Å². The van der Waals surface area contributed by atoms with Crippen LogP contribution < -0.4 is 5.43 Å². The number of fused-ring (bicyclic) bond motifs is 1. The highest BCUT2D eigenvalue weighted by atomic mass is 32.1. The third kappa shape index (κ3) is 3.04. The van der Waals surface area contributed by atoms with Gasteiger partial charge in [0.2, 0.25) is 5.95 Å². The number of hydrogen-bond donors (Lipinski definition) is 1. The Morgan fingerprint density at radius 2 is 2.09 bits per heavy atom. The standard InChI is InChI=1S/C17H20N4S/c1-12(2)11-14(16-9-6-10-22-16)19-20-17-18-13-7-4-5-8-15(13)21(17)3/h4-10,12H,11H2,1-3H3,(H,18,20). The minimum atomic E-state index is 0.558. The number of anilines is 1. The van der Waals surface area contributed by atoms with Gasteiger partial charge in [-0.1, -0.05) is 32.0 Å². The van der Waals surface area contributed by atoms with Gasteiger partial charge >= 0.3 is 0 Å². The molecule has 0 aliphatic rings. The number of benzene rings is 1. The predicted octanol–water partition coefficient (Wildman–Crippen LogP) is 4.50. The molecule has 1 N–H and O–H groups in total. The Hall–Kier alpha value is -2.14. The molecule has 4 nitrogen and oxygen atoms in total. The van der Waals surface area contributed by atoms with Crippen molar-refractivity contribution in [3.8, 4) is 0 Å². The van der Waals surface area contributed by atoms with E-state index in [0.717, 1.165) is 29.1 Å². The second-order valence-electron chi connectivity index (χ2n) is 5.73. The lowest BCUT2D eigenvalue weighted by atomic mass is 10.1. The number of nitrogens with one attached hydrogen (secondary N) is 1. The average molecular weight is 312 g/mol. The van der Waals surface area contributed by atoms with Crippen LogP contribution in [0.15, 0.2) is 46.9 Å². The molecule has 22 heavy (non-hydrogen) atoms. The van der Waals surface area contributed by atoms with Gasteiger partial charge in [0.25, 0.3) is 0 Å². The fraction of sp³-hybridized carbons (Fsp3) is 0.294. The van der Waals surface area contributed by atoms with Gasteiger partial charge in [0.15, 0.2) is 0 Å². The number of nitrogens with zero attached hydrogens (tertiary/aromatic N) is 3. The Balaban J connectivity index is 1.90. The van der Waals surface area contributed by atoms with Gasteiger partial charge in [-0.15, -0.1) is 11.3 Å². The van der Waals surface area contributed by atoms with Crippen LogP contribution >= 0.6 is 11.3 Å². The van der Waals surface area contributed by atoms with E-state index in [9.17, 15) is 0 Å². The van der Waals surface area contributed by atoms with Gasteiger partial charge in [0.1, 0.15) is 0 Å². The van der Waals surface area contributed by atoms with Crippen LogP contribution in [0.5, 0.6) is 0 Å². The van der Waals surface area contributed by atoms with Crippen LogP contribution in [-0.2, 0) is 7.05 Å². The zero-order chi connectivity index (χ0) is 15.5. The lowest BCUT2D eigenvalue weighted by Crippen LogP contribution is -2.08. The quantitative estimate of drug-likeness (QED) is 0.557. The predicted molar refractivity (Wildman–Crippen MR) is 94.6 cm³/mol. The van der Waals surface area contributed by atoms with Gasteiger partial charge in [0, 0.05) is 7.05 Å². The zero-order valence-corrected chi connectivity index (χ0v) is 13.9. The minimum absolute atomic E-state index is 0.558. The topological polar surface area (TPSA) is 42.2 Å². The Kier molecular flexibility index (Phi) is 4.24. The minimum Gasteiger partial charge on any atom is -0.312 e. The zero-order valence-electron chi connectivity index (χ0n) is 13.1. The number of aromatic nitrogens is 2. The largest absolute Gasteiger partial charge is 0.312 e. The molecule has 0 saturated heterocycles. The van der Waals surface area contributed by atoms with Crippen molar-refractivity contribution in [2.24, 2.45) is 18.1 Å². The number of aryl methyl sites for hydroxylation is 1. The van der Waals surface area contributed by atoms with Crippen LogP contribution in [0.2, 0.25) is 0 Å². The first kappa shape index (κ1) is 14.8. The summed E-state index contributed by atoms with van der Waals surface area (Å²) in [5.74, 6) is 1.32. The molecular weight excluding hydrogens is 292 g/mol. The molecule has 0 atom stereocenters. The third-order valence-electron chi connectivity index (χ3n) is 3.49. The molecule has 2 heterocycles. The maximum atomic E-state index is 4.63. The van der Waals surface area contributed by atoms with Crippen molar-refractivity contribution < 1.29 is 0 Å². The van der Waals surface area contributed by atoms with E-state index in [2.05, 4.69) is 52.9 Å². The molecule has 0 aliphatic heterocycles. The van der Waals surface area contributed by atoms with E-state index < -0.39 is 0 Å². The van der Waals surface area contributed by atoms with E-state index in [0.29, 0.717) is 5.92 Å². The van der Waals surface area contributed by atoms with Crippen LogP contribution in [0.3, 0.4) is 0 Å². The summed E-state index contributed by atoms with van der Waals surface area (Å²) in [6.45, 7) is 4.41. The SMILES string of the molecule is CC(C)CC(=NNc1nc2ccccc2n1C)c1cccs1. The van der Waals surface area contributed by atoms with Gasteiger partial charge in [0.05, 0.1) is 21.6 Å². The molecule has 2 aromatic heterocycles. The van der Waals surface area contributed by atoms with Crippen molar-refractivity contribution in [2.75, 3.05) is 5.43 Å². The third-order valence-corrected chi connectivity index (χ3v) is 4.40. The fourth-order valence-corrected chi connectivity index (χ4v) is 3.12. The molecule has 3 rings (SSSR count). The first-order valence-electron chi connectivity index (χ1n) is 7.43. The van der Waals surface area contributed by atoms with Gasteiger partial charge in [-0.05, 0) is 35.9 Å². The second-order valence-corrected chi connectivity index (χ2v) is 6.68. The van der Waals surface area contributed by atoms with E-state index in [-0.39, 0.29) is 0 Å². The molecule has 0 fully saturated rings. The van der Waals surface area contributed by atoms with E-state index in [1.165, 1.54) is 4.88 Å². The average Bonchev–Trinajstić information content (AvgIpc) is 3.12. The number of imidazole rings is 1. The first-order valence-corrected chi connectivity index (χ1v) is 8.31. The van der Waals surface area contributed by atoms with E-state index in [1.54, 1.807) is 11.3 Å². The van der Waals surface area contributed by atoms with E-state index in [4.69, 9.17) is 0 Å². The lowest BCUT2D eigenvalue weighted by Gasteiger charge is -2.08. The lowest BCUT2D eigenvalue weighted by molar-refractivity contribution is 0.684. The van der Waals surface area contributed by atoms with Crippen molar-refractivity contribution in [2.45, 2.75) is 20.3 Å². The van der Waals surface area contributed by atoms with Crippen molar-refractivity contribution in [1.29, 1.82) is 0 Å². The summed E-state index contributed by atoms with van der Waals surface area (Å²) < 4.78 is 2.03. The smallest absolute Gasteiger partial charge is 0.224 e. The molecule has 0 unspecified atom stereocenters. The van der Waals surface area contributed by atoms with Crippen molar-refractivity contribution >= 4 is 34.0 Å². The number of hydrogen-bond acceptors (Lipinski definition) is 4. The molecule has 114 valence electrons. The molecule has 0 aliphatic carbocycles. The van der Waals surface area contributed by atoms with E-state index in [1.807, 2.05) is 29.8 Å². The highest BCUT2D eigenvalue weighted by Crippen LogP contribution is 2.19. The molecule has 0 saturated carbocycles. The molecule has 0 spiro atoms. The summed E-state index contributed by atoms with van der Waals surface area (Å²) >= 11 is 1.72. The Morgan fingerprint density at radius 3 is 2.77 bits per heavy atom. The molecule has 1 aromatic carbocycles. The molecule has 5 heteroatoms. The van der Waals surface area contributed by atoms with Crippen molar-refractivity contribution in [3.63, 3.8) is 0 Å². The van der Waals surface area contributed by atoms with Crippen molar-refractivity contribution in [1.82, 2.24) is 9.55 Å². The van der Waals surface area contributed by atoms with Gasteiger partial charge in [-0.2, -0.15) is 5.10 Å². The highest BCUT2D eigenvalue weighted by Gasteiger charge is 2.10. The van der Waals surface area contributed by atoms with E-state index >= 15 is 0 Å². The normalized spacial score (nSPS) is 12.3. The summed E-state index contributed by atoms with van der Waals surface area (Å²) in [5, 5.41) is 6.71. The number of para-hydroxylation sites is 2. The van der Waals surface area contributed by atoms with Crippen LogP contribution in [0.25, 0.3) is 11.0 Å². The van der Waals surface area contributed by atoms with Gasteiger partial charge < -0.3 is 4.57 Å². The maximum Gasteiger partial charge on any atom is 0.224 e. The summed E-state index contributed by atoms with van der Waals surface area (Å²) in [6.07, 6.45) is 0.942. The summed E-state index contributed by atoms with van der Waals surface area (Å²) in [7, 11) is 2.00. The summed E-state index contributed by atoms with van der Waals surface area (Å²) in [5.41, 5.74) is 6.30. The number of thiophene rings is 1. The molecule has 0 radical (unpaired) electrons. The van der Waals surface area contributed by atoms with Gasteiger partial charge in [-0.25, -0.2) is 10.4 Å².